The molecule has 0 bridgehead atoms. The van der Waals surface area contributed by atoms with Crippen LogP contribution in [0.4, 0.5) is 0 Å². The molecule has 1 aliphatic heterocycles. The van der Waals surface area contributed by atoms with Gasteiger partial charge >= 0.3 is 0 Å². The summed E-state index contributed by atoms with van der Waals surface area (Å²) in [6, 6.07) is 8.67. The van der Waals surface area contributed by atoms with Crippen LogP contribution in [0.15, 0.2) is 47.6 Å². The molecule has 0 unspecified atom stereocenters. The highest BCUT2D eigenvalue weighted by Gasteiger charge is 2.38. The fraction of sp³-hybridized carbons (Fsp3) is 0.235. The van der Waals surface area contributed by atoms with Crippen LogP contribution in [0.1, 0.15) is 18.4 Å². The van der Waals surface area contributed by atoms with Gasteiger partial charge in [0.05, 0.1) is 17.2 Å². The van der Waals surface area contributed by atoms with Crippen molar-refractivity contribution in [1.82, 2.24) is 5.06 Å². The van der Waals surface area contributed by atoms with Gasteiger partial charge in [-0.25, -0.2) is 0 Å². The molecule has 0 saturated heterocycles. The molecule has 0 spiro atoms. The average molecular weight is 310 g/mol. The standard InChI is InChI=1S/C17H14N2O4/c18-11-12-5-7-13(8-6-12)22-9-10-23-19-16(20)14-3-1-2-4-15(14)17(19)21/h1,3,5-8H,2,4,9-10H2. The Morgan fingerprint density at radius 3 is 2.61 bits per heavy atom. The summed E-state index contributed by atoms with van der Waals surface area (Å²) in [6.07, 6.45) is 4.88. The van der Waals surface area contributed by atoms with E-state index in [1.54, 1.807) is 30.3 Å². The molecular formula is C17H14N2O4. The van der Waals surface area contributed by atoms with E-state index >= 15 is 0 Å². The average Bonchev–Trinajstić information content (AvgIpc) is 2.84. The minimum absolute atomic E-state index is 0.0712. The number of carbonyl (C=O) groups excluding carboxylic acids is 2. The molecule has 1 aromatic carbocycles. The first-order chi connectivity index (χ1) is 11.2. The zero-order chi connectivity index (χ0) is 16.2. The predicted octanol–water partition coefficient (Wildman–Crippen LogP) is 1.88. The topological polar surface area (TPSA) is 79.6 Å². The number of nitrogens with zero attached hydrogens (tertiary/aromatic N) is 2. The maximum absolute atomic E-state index is 12.1. The maximum Gasteiger partial charge on any atom is 0.285 e. The van der Waals surface area contributed by atoms with E-state index in [1.165, 1.54) is 0 Å². The molecule has 0 N–H and O–H groups in total. The number of hydrogen-bond acceptors (Lipinski definition) is 5. The molecule has 1 heterocycles. The van der Waals surface area contributed by atoms with E-state index < -0.39 is 5.91 Å². The van der Waals surface area contributed by atoms with Crippen LogP contribution < -0.4 is 4.74 Å². The molecule has 0 radical (unpaired) electrons. The normalized spacial score (nSPS) is 16.6. The predicted molar refractivity (Wildman–Crippen MR) is 79.9 cm³/mol. The summed E-state index contributed by atoms with van der Waals surface area (Å²) in [5.74, 6) is -0.209. The summed E-state index contributed by atoms with van der Waals surface area (Å²) < 4.78 is 5.44. The highest BCUT2D eigenvalue weighted by molar-refractivity contribution is 6.20. The van der Waals surface area contributed by atoms with E-state index in [0.29, 0.717) is 28.9 Å². The number of imide groups is 1. The van der Waals surface area contributed by atoms with Crippen LogP contribution in [0.2, 0.25) is 0 Å². The van der Waals surface area contributed by atoms with E-state index in [4.69, 9.17) is 14.8 Å². The molecule has 6 heteroatoms. The minimum Gasteiger partial charge on any atom is -0.491 e. The lowest BCUT2D eigenvalue weighted by Gasteiger charge is -2.14. The number of hydrogen-bond donors (Lipinski definition) is 0. The molecule has 116 valence electrons. The summed E-state index contributed by atoms with van der Waals surface area (Å²) >= 11 is 0. The van der Waals surface area contributed by atoms with Crippen molar-refractivity contribution in [3.8, 4) is 11.8 Å². The number of hydroxylamine groups is 2. The van der Waals surface area contributed by atoms with Crippen molar-refractivity contribution in [2.24, 2.45) is 0 Å². The summed E-state index contributed by atoms with van der Waals surface area (Å²) in [5, 5.41) is 9.52. The van der Waals surface area contributed by atoms with Crippen LogP contribution in [0.3, 0.4) is 0 Å². The zero-order valence-corrected chi connectivity index (χ0v) is 12.3. The van der Waals surface area contributed by atoms with E-state index in [9.17, 15) is 9.59 Å². The first-order valence-corrected chi connectivity index (χ1v) is 7.25. The first-order valence-electron chi connectivity index (χ1n) is 7.25. The van der Waals surface area contributed by atoms with Gasteiger partial charge in [0.1, 0.15) is 19.0 Å². The van der Waals surface area contributed by atoms with Crippen molar-refractivity contribution < 1.29 is 19.2 Å². The number of rotatable bonds is 5. The third-order valence-electron chi connectivity index (χ3n) is 3.58. The molecule has 0 saturated carbocycles. The second kappa shape index (κ2) is 6.46. The molecule has 0 atom stereocenters. The van der Waals surface area contributed by atoms with Crippen molar-refractivity contribution in [1.29, 1.82) is 5.26 Å². The molecule has 6 nitrogen and oxygen atoms in total. The minimum atomic E-state index is -0.417. The van der Waals surface area contributed by atoms with Gasteiger partial charge in [-0.05, 0) is 37.1 Å². The highest BCUT2D eigenvalue weighted by Crippen LogP contribution is 2.29. The Morgan fingerprint density at radius 2 is 1.91 bits per heavy atom. The van der Waals surface area contributed by atoms with Crippen LogP contribution in [-0.2, 0) is 14.4 Å². The third-order valence-corrected chi connectivity index (χ3v) is 3.58. The number of amides is 2. The van der Waals surface area contributed by atoms with Gasteiger partial charge < -0.3 is 4.74 Å². The number of benzene rings is 1. The van der Waals surface area contributed by atoms with Crippen LogP contribution in [0.25, 0.3) is 0 Å². The molecule has 1 aliphatic carbocycles. The molecule has 0 aromatic heterocycles. The van der Waals surface area contributed by atoms with Gasteiger partial charge in [-0.2, -0.15) is 5.26 Å². The van der Waals surface area contributed by atoms with Crippen molar-refractivity contribution >= 4 is 11.8 Å². The lowest BCUT2D eigenvalue weighted by molar-refractivity contribution is -0.187. The first kappa shape index (κ1) is 15.0. The van der Waals surface area contributed by atoms with E-state index in [2.05, 4.69) is 0 Å². The summed E-state index contributed by atoms with van der Waals surface area (Å²) in [7, 11) is 0. The Balaban J connectivity index is 1.50. The molecule has 3 rings (SSSR count). The fourth-order valence-electron chi connectivity index (χ4n) is 2.44. The quantitative estimate of drug-likeness (QED) is 0.613. The second-order valence-corrected chi connectivity index (χ2v) is 5.06. The maximum atomic E-state index is 12.1. The Labute approximate surface area is 133 Å². The molecule has 23 heavy (non-hydrogen) atoms. The largest absolute Gasteiger partial charge is 0.491 e. The van der Waals surface area contributed by atoms with Gasteiger partial charge in [-0.1, -0.05) is 12.2 Å². The van der Waals surface area contributed by atoms with Gasteiger partial charge in [0.25, 0.3) is 11.8 Å². The monoisotopic (exact) mass is 310 g/mol. The van der Waals surface area contributed by atoms with Gasteiger partial charge in [-0.15, -0.1) is 5.06 Å². The number of nitriles is 1. The number of carbonyl (C=O) groups is 2. The Morgan fingerprint density at radius 1 is 1.13 bits per heavy atom. The Hall–Kier alpha value is -2.91. The number of ether oxygens (including phenoxy) is 1. The summed E-state index contributed by atoms with van der Waals surface area (Å²) in [5.41, 5.74) is 1.49. The van der Waals surface area contributed by atoms with E-state index in [0.717, 1.165) is 11.5 Å². The van der Waals surface area contributed by atoms with Crippen LogP contribution in [0.5, 0.6) is 5.75 Å². The SMILES string of the molecule is N#Cc1ccc(OCCON2C(=O)C3=C(CCC=C3)C2=O)cc1. The van der Waals surface area contributed by atoms with E-state index in [1.807, 2.05) is 12.1 Å². The van der Waals surface area contributed by atoms with Crippen LogP contribution in [0, 0.1) is 11.3 Å². The molecular weight excluding hydrogens is 296 g/mol. The van der Waals surface area contributed by atoms with Gasteiger partial charge in [0, 0.05) is 5.57 Å². The van der Waals surface area contributed by atoms with Crippen molar-refractivity contribution in [3.63, 3.8) is 0 Å². The van der Waals surface area contributed by atoms with Gasteiger partial charge in [-0.3, -0.25) is 14.4 Å². The lowest BCUT2D eigenvalue weighted by Crippen LogP contribution is -2.33. The smallest absolute Gasteiger partial charge is 0.285 e. The fourth-order valence-corrected chi connectivity index (χ4v) is 2.44. The summed E-state index contributed by atoms with van der Waals surface area (Å²) in [4.78, 5) is 29.5. The van der Waals surface area contributed by atoms with Crippen LogP contribution >= 0.6 is 0 Å². The zero-order valence-electron chi connectivity index (χ0n) is 12.3. The van der Waals surface area contributed by atoms with Crippen molar-refractivity contribution in [2.75, 3.05) is 13.2 Å². The molecule has 0 fully saturated rings. The summed E-state index contributed by atoms with van der Waals surface area (Å²) in [6.45, 7) is 0.255. The second-order valence-electron chi connectivity index (χ2n) is 5.06. The Bertz CT molecular complexity index is 741. The van der Waals surface area contributed by atoms with Crippen molar-refractivity contribution in [3.05, 3.63) is 53.1 Å². The molecule has 1 aromatic rings. The Kier molecular flexibility index (Phi) is 4.22. The van der Waals surface area contributed by atoms with Crippen LogP contribution in [-0.4, -0.2) is 30.1 Å². The van der Waals surface area contributed by atoms with E-state index in [-0.39, 0.29) is 19.1 Å². The lowest BCUT2D eigenvalue weighted by atomic mass is 10.00. The highest BCUT2D eigenvalue weighted by atomic mass is 16.7. The third kappa shape index (κ3) is 3.00. The molecule has 2 aliphatic rings. The van der Waals surface area contributed by atoms with Gasteiger partial charge in [0.15, 0.2) is 0 Å². The van der Waals surface area contributed by atoms with Gasteiger partial charge in [0.2, 0.25) is 0 Å². The number of allylic oxidation sites excluding steroid dienone is 1. The molecule has 2 amide bonds. The van der Waals surface area contributed by atoms with Crippen molar-refractivity contribution in [2.45, 2.75) is 12.8 Å².